The van der Waals surface area contributed by atoms with Gasteiger partial charge in [-0.05, 0) is 59.9 Å². The van der Waals surface area contributed by atoms with Crippen molar-refractivity contribution in [2.24, 2.45) is 11.7 Å². The Kier molecular flexibility index (Phi) is 10.8. The average Bonchev–Trinajstić information content (AvgIpc) is 2.88. The van der Waals surface area contributed by atoms with Crippen LogP contribution in [-0.4, -0.2) is 30.4 Å². The number of nitrogens with two attached hydrogens (primary N) is 1. The van der Waals surface area contributed by atoms with E-state index in [1.807, 2.05) is 18.2 Å². The van der Waals surface area contributed by atoms with Gasteiger partial charge in [-0.15, -0.1) is 0 Å². The van der Waals surface area contributed by atoms with Crippen LogP contribution >= 0.6 is 0 Å². The summed E-state index contributed by atoms with van der Waals surface area (Å²) >= 11 is 0. The van der Waals surface area contributed by atoms with Crippen LogP contribution in [0, 0.1) is 29.2 Å². The number of aryl methyl sites for hydroxylation is 1. The van der Waals surface area contributed by atoms with Gasteiger partial charge in [-0.1, -0.05) is 38.1 Å². The lowest BCUT2D eigenvalue weighted by Crippen LogP contribution is -2.46. The topological polar surface area (TPSA) is 81.4 Å². The minimum Gasteiger partial charge on any atom is -0.459 e. The van der Waals surface area contributed by atoms with Gasteiger partial charge in [-0.25, -0.2) is 17.6 Å². The Morgan fingerprint density at radius 2 is 1.59 bits per heavy atom. The standard InChI is InChI=1S/C30H32F4N2O3/c1-3-19-5-4-6-20(10-19)16-36-17-29(27(35)13-21-11-23(31)15-24(32)12-21)39-30(38)18(2)9-28(37)22-7-8-25(33)26(34)14-22/h4-8,10-12,14-15,18,27,29,36H,3,9,13,16-17,35H2,1-2H3/t18?,27-,29+/m0/s1. The molecule has 0 heterocycles. The summed E-state index contributed by atoms with van der Waals surface area (Å²) in [5.41, 5.74) is 8.77. The highest BCUT2D eigenvalue weighted by Crippen LogP contribution is 2.17. The minimum atomic E-state index is -1.16. The normalized spacial score (nSPS) is 13.5. The molecule has 39 heavy (non-hydrogen) atoms. The van der Waals surface area contributed by atoms with Crippen molar-refractivity contribution >= 4 is 11.8 Å². The van der Waals surface area contributed by atoms with Crippen LogP contribution in [0.1, 0.15) is 47.3 Å². The quantitative estimate of drug-likeness (QED) is 0.174. The van der Waals surface area contributed by atoms with Gasteiger partial charge in [0.15, 0.2) is 17.4 Å². The number of carbonyl (C=O) groups is 2. The van der Waals surface area contributed by atoms with E-state index in [4.69, 9.17) is 10.5 Å². The summed E-state index contributed by atoms with van der Waals surface area (Å²) < 4.78 is 59.8. The van der Waals surface area contributed by atoms with E-state index in [1.165, 1.54) is 12.5 Å². The first-order valence-electron chi connectivity index (χ1n) is 12.7. The fourth-order valence-corrected chi connectivity index (χ4v) is 4.15. The summed E-state index contributed by atoms with van der Waals surface area (Å²) in [6, 6.07) is 13.0. The molecule has 3 rings (SSSR count). The molecule has 0 amide bonds. The van der Waals surface area contributed by atoms with Crippen molar-refractivity contribution in [1.82, 2.24) is 5.32 Å². The Labute approximate surface area is 225 Å². The predicted octanol–water partition coefficient (Wildman–Crippen LogP) is 5.29. The molecule has 1 unspecified atom stereocenters. The molecule has 0 bridgehead atoms. The number of benzene rings is 3. The van der Waals surface area contributed by atoms with Gasteiger partial charge >= 0.3 is 5.97 Å². The molecule has 3 atom stereocenters. The van der Waals surface area contributed by atoms with E-state index >= 15 is 0 Å². The molecule has 0 aliphatic rings. The number of hydrogen-bond donors (Lipinski definition) is 2. The van der Waals surface area contributed by atoms with Crippen LogP contribution < -0.4 is 11.1 Å². The van der Waals surface area contributed by atoms with Crippen LogP contribution in [-0.2, 0) is 28.9 Å². The van der Waals surface area contributed by atoms with E-state index in [0.717, 1.165) is 48.4 Å². The third-order valence-corrected chi connectivity index (χ3v) is 6.35. The smallest absolute Gasteiger partial charge is 0.309 e. The summed E-state index contributed by atoms with van der Waals surface area (Å²) in [6.07, 6.45) is -0.274. The van der Waals surface area contributed by atoms with Crippen molar-refractivity contribution in [2.75, 3.05) is 6.54 Å². The average molecular weight is 545 g/mol. The molecule has 3 aromatic carbocycles. The second-order valence-electron chi connectivity index (χ2n) is 9.58. The first kappa shape index (κ1) is 30.0. The molecule has 0 aliphatic carbocycles. The Morgan fingerprint density at radius 3 is 2.26 bits per heavy atom. The molecule has 0 aliphatic heterocycles. The lowest BCUT2D eigenvalue weighted by atomic mass is 9.98. The highest BCUT2D eigenvalue weighted by molar-refractivity contribution is 5.98. The Morgan fingerprint density at radius 1 is 0.897 bits per heavy atom. The van der Waals surface area contributed by atoms with Gasteiger partial charge in [0.25, 0.3) is 0 Å². The molecular formula is C30H32F4N2O3. The van der Waals surface area contributed by atoms with E-state index in [1.54, 1.807) is 0 Å². The Hall–Kier alpha value is -3.56. The third kappa shape index (κ3) is 9.01. The molecule has 0 spiro atoms. The molecule has 208 valence electrons. The first-order chi connectivity index (χ1) is 18.5. The number of nitrogens with one attached hydrogen (secondary N) is 1. The number of rotatable bonds is 13. The van der Waals surface area contributed by atoms with Gasteiger partial charge in [-0.2, -0.15) is 0 Å². The van der Waals surface area contributed by atoms with Gasteiger partial charge in [0.1, 0.15) is 17.7 Å². The number of hydrogen-bond acceptors (Lipinski definition) is 5. The zero-order valence-corrected chi connectivity index (χ0v) is 21.9. The zero-order valence-electron chi connectivity index (χ0n) is 21.9. The lowest BCUT2D eigenvalue weighted by Gasteiger charge is -2.26. The molecule has 9 heteroatoms. The van der Waals surface area contributed by atoms with Crippen LogP contribution in [0.4, 0.5) is 17.6 Å². The minimum absolute atomic E-state index is 0.0296. The van der Waals surface area contributed by atoms with Gasteiger partial charge in [-0.3, -0.25) is 9.59 Å². The number of ketones is 1. The molecule has 0 aromatic heterocycles. The van der Waals surface area contributed by atoms with Crippen LogP contribution in [0.2, 0.25) is 0 Å². The maximum atomic E-state index is 13.7. The van der Waals surface area contributed by atoms with Crippen LogP contribution in [0.3, 0.4) is 0 Å². The predicted molar refractivity (Wildman–Crippen MR) is 140 cm³/mol. The van der Waals surface area contributed by atoms with Crippen LogP contribution in [0.15, 0.2) is 60.7 Å². The lowest BCUT2D eigenvalue weighted by molar-refractivity contribution is -0.154. The number of esters is 1. The largest absolute Gasteiger partial charge is 0.459 e. The van der Waals surface area contributed by atoms with Crippen LogP contribution in [0.5, 0.6) is 0 Å². The number of carbonyl (C=O) groups excluding carboxylic acids is 2. The second-order valence-corrected chi connectivity index (χ2v) is 9.58. The van der Waals surface area contributed by atoms with E-state index < -0.39 is 53.1 Å². The van der Waals surface area contributed by atoms with Crippen molar-refractivity contribution in [2.45, 2.75) is 51.8 Å². The van der Waals surface area contributed by atoms with Gasteiger partial charge in [0.2, 0.25) is 0 Å². The summed E-state index contributed by atoms with van der Waals surface area (Å²) in [5.74, 6) is -5.91. The van der Waals surface area contributed by atoms with Crippen molar-refractivity contribution in [1.29, 1.82) is 0 Å². The Balaban J connectivity index is 1.68. The molecule has 3 aromatic rings. The van der Waals surface area contributed by atoms with E-state index in [0.29, 0.717) is 12.1 Å². The summed E-state index contributed by atoms with van der Waals surface area (Å²) in [4.78, 5) is 25.4. The van der Waals surface area contributed by atoms with Gasteiger partial charge < -0.3 is 15.8 Å². The molecular weight excluding hydrogens is 512 g/mol. The Bertz CT molecular complexity index is 1280. The maximum absolute atomic E-state index is 13.7. The molecule has 0 radical (unpaired) electrons. The number of Topliss-reactive ketones (excluding diaryl/α,β-unsaturated/α-hetero) is 1. The molecule has 0 fully saturated rings. The number of halogens is 4. The van der Waals surface area contributed by atoms with E-state index in [-0.39, 0.29) is 24.9 Å². The highest BCUT2D eigenvalue weighted by Gasteiger charge is 2.27. The summed E-state index contributed by atoms with van der Waals surface area (Å²) in [7, 11) is 0. The van der Waals surface area contributed by atoms with Crippen molar-refractivity contribution in [3.8, 4) is 0 Å². The van der Waals surface area contributed by atoms with E-state index in [9.17, 15) is 27.2 Å². The zero-order chi connectivity index (χ0) is 28.5. The fraction of sp³-hybridized carbons (Fsp3) is 0.333. The van der Waals surface area contributed by atoms with Gasteiger partial charge in [0, 0.05) is 37.2 Å². The number of ether oxygens (including phenoxy) is 1. The van der Waals surface area contributed by atoms with Crippen molar-refractivity contribution < 1.29 is 31.9 Å². The van der Waals surface area contributed by atoms with Crippen LogP contribution in [0.25, 0.3) is 0 Å². The van der Waals surface area contributed by atoms with Gasteiger partial charge in [0.05, 0.1) is 5.92 Å². The molecule has 3 N–H and O–H groups in total. The monoisotopic (exact) mass is 544 g/mol. The summed E-state index contributed by atoms with van der Waals surface area (Å²) in [6.45, 7) is 4.14. The SMILES string of the molecule is CCc1cccc(CNC[C@@H](OC(=O)C(C)CC(=O)c2ccc(F)c(F)c2)[C@@H](N)Cc2cc(F)cc(F)c2)c1. The first-order valence-corrected chi connectivity index (χ1v) is 12.7. The summed E-state index contributed by atoms with van der Waals surface area (Å²) in [5, 5.41) is 3.22. The van der Waals surface area contributed by atoms with Crippen molar-refractivity contribution in [3.05, 3.63) is 106 Å². The highest BCUT2D eigenvalue weighted by atomic mass is 19.2. The van der Waals surface area contributed by atoms with Crippen molar-refractivity contribution in [3.63, 3.8) is 0 Å². The maximum Gasteiger partial charge on any atom is 0.309 e. The molecule has 0 saturated heterocycles. The molecule has 0 saturated carbocycles. The fourth-order valence-electron chi connectivity index (χ4n) is 4.15. The van der Waals surface area contributed by atoms with E-state index in [2.05, 4.69) is 18.3 Å². The third-order valence-electron chi connectivity index (χ3n) is 6.35. The second kappa shape index (κ2) is 14.0. The molecule has 5 nitrogen and oxygen atoms in total.